The van der Waals surface area contributed by atoms with Crippen molar-refractivity contribution in [3.63, 3.8) is 0 Å². The highest BCUT2D eigenvalue weighted by atomic mass is 35.5. The summed E-state index contributed by atoms with van der Waals surface area (Å²) < 4.78 is 10.3. The predicted octanol–water partition coefficient (Wildman–Crippen LogP) is 4.18. The van der Waals surface area contributed by atoms with Crippen LogP contribution in [-0.4, -0.2) is 25.1 Å². The molecule has 0 aromatic heterocycles. The Kier molecular flexibility index (Phi) is 7.30. The van der Waals surface area contributed by atoms with Gasteiger partial charge in [0.25, 0.3) is 5.91 Å². The maximum absolute atomic E-state index is 12.5. The van der Waals surface area contributed by atoms with Crippen LogP contribution in [0.3, 0.4) is 0 Å². The van der Waals surface area contributed by atoms with E-state index >= 15 is 0 Å². The molecule has 2 rings (SSSR count). The van der Waals surface area contributed by atoms with Crippen molar-refractivity contribution in [1.82, 2.24) is 5.32 Å². The van der Waals surface area contributed by atoms with Crippen molar-refractivity contribution >= 4 is 35.1 Å². The van der Waals surface area contributed by atoms with Gasteiger partial charge in [0.15, 0.2) is 6.10 Å². The van der Waals surface area contributed by atoms with E-state index in [0.717, 1.165) is 5.56 Å². The molecule has 0 fully saturated rings. The second-order valence-corrected chi connectivity index (χ2v) is 6.43. The average Bonchev–Trinajstić information content (AvgIpc) is 2.63. The predicted molar refractivity (Wildman–Crippen MR) is 101 cm³/mol. The van der Waals surface area contributed by atoms with Crippen LogP contribution in [-0.2, 0) is 14.3 Å². The quantitative estimate of drug-likeness (QED) is 0.714. The van der Waals surface area contributed by atoms with Crippen LogP contribution in [0.5, 0.6) is 5.75 Å². The van der Waals surface area contributed by atoms with Crippen molar-refractivity contribution in [3.8, 4) is 5.75 Å². The summed E-state index contributed by atoms with van der Waals surface area (Å²) in [5.41, 5.74) is 0.794. The molecule has 1 N–H and O–H groups in total. The summed E-state index contributed by atoms with van der Waals surface area (Å²) in [5, 5.41) is 3.60. The minimum Gasteiger partial charge on any atom is -0.479 e. The van der Waals surface area contributed by atoms with Crippen LogP contribution in [0.25, 0.3) is 0 Å². The first-order valence-electron chi connectivity index (χ1n) is 7.94. The van der Waals surface area contributed by atoms with E-state index in [1.54, 1.807) is 19.1 Å². The zero-order valence-electron chi connectivity index (χ0n) is 14.4. The molecule has 26 heavy (non-hydrogen) atoms. The number of methoxy groups -OCH3 is 1. The van der Waals surface area contributed by atoms with E-state index in [-0.39, 0.29) is 12.3 Å². The van der Waals surface area contributed by atoms with E-state index in [0.29, 0.717) is 15.8 Å². The molecule has 138 valence electrons. The van der Waals surface area contributed by atoms with Crippen molar-refractivity contribution in [1.29, 1.82) is 0 Å². The van der Waals surface area contributed by atoms with Gasteiger partial charge >= 0.3 is 5.97 Å². The number of benzene rings is 2. The molecule has 0 saturated carbocycles. The number of hydrogen-bond acceptors (Lipinski definition) is 4. The highest BCUT2D eigenvalue weighted by molar-refractivity contribution is 6.35. The Morgan fingerprint density at radius 1 is 1.12 bits per heavy atom. The monoisotopic (exact) mass is 395 g/mol. The van der Waals surface area contributed by atoms with E-state index in [1.807, 2.05) is 30.3 Å². The van der Waals surface area contributed by atoms with Gasteiger partial charge in [-0.25, -0.2) is 0 Å². The van der Waals surface area contributed by atoms with Crippen molar-refractivity contribution in [2.24, 2.45) is 0 Å². The largest absolute Gasteiger partial charge is 0.479 e. The molecule has 7 heteroatoms. The zero-order valence-corrected chi connectivity index (χ0v) is 15.9. The Labute approximate surface area is 162 Å². The summed E-state index contributed by atoms with van der Waals surface area (Å²) in [6, 6.07) is 13.4. The Morgan fingerprint density at radius 3 is 2.42 bits per heavy atom. The lowest BCUT2D eigenvalue weighted by Gasteiger charge is -2.21. The Bertz CT molecular complexity index is 767. The molecule has 0 radical (unpaired) electrons. The van der Waals surface area contributed by atoms with Gasteiger partial charge in [-0.05, 0) is 30.7 Å². The molecule has 2 unspecified atom stereocenters. The van der Waals surface area contributed by atoms with Crippen LogP contribution in [0.2, 0.25) is 10.0 Å². The maximum atomic E-state index is 12.5. The summed E-state index contributed by atoms with van der Waals surface area (Å²) in [5.74, 6) is -0.454. The maximum Gasteiger partial charge on any atom is 0.307 e. The molecule has 0 aliphatic heterocycles. The minimum absolute atomic E-state index is 0.0146. The number of carbonyl (C=O) groups is 2. The number of nitrogens with one attached hydrogen (secondary N) is 1. The summed E-state index contributed by atoms with van der Waals surface area (Å²) in [7, 11) is 1.31. The highest BCUT2D eigenvalue weighted by Crippen LogP contribution is 2.28. The lowest BCUT2D eigenvalue weighted by atomic mass is 10.0. The van der Waals surface area contributed by atoms with Crippen molar-refractivity contribution in [2.75, 3.05) is 7.11 Å². The lowest BCUT2D eigenvalue weighted by molar-refractivity contribution is -0.141. The first-order chi connectivity index (χ1) is 12.4. The van der Waals surface area contributed by atoms with Crippen LogP contribution < -0.4 is 10.1 Å². The molecule has 1 amide bonds. The van der Waals surface area contributed by atoms with E-state index < -0.39 is 18.1 Å². The van der Waals surface area contributed by atoms with Crippen LogP contribution in [0.4, 0.5) is 0 Å². The zero-order chi connectivity index (χ0) is 19.1. The summed E-state index contributed by atoms with van der Waals surface area (Å²) in [6.45, 7) is 1.60. The van der Waals surface area contributed by atoms with Crippen molar-refractivity contribution < 1.29 is 19.1 Å². The molecule has 0 aliphatic rings. The Balaban J connectivity index is 2.08. The molecule has 2 aromatic carbocycles. The van der Waals surface area contributed by atoms with Crippen LogP contribution in [0.1, 0.15) is 24.9 Å². The SMILES string of the molecule is COC(=O)CC(NC(=O)C(C)Oc1ccc(Cl)cc1Cl)c1ccccc1. The first-order valence-corrected chi connectivity index (χ1v) is 8.70. The molecular weight excluding hydrogens is 377 g/mol. The van der Waals surface area contributed by atoms with Crippen molar-refractivity contribution in [3.05, 3.63) is 64.1 Å². The van der Waals surface area contributed by atoms with Gasteiger partial charge in [0.1, 0.15) is 5.75 Å². The Morgan fingerprint density at radius 2 is 1.81 bits per heavy atom. The highest BCUT2D eigenvalue weighted by Gasteiger charge is 2.23. The van der Waals surface area contributed by atoms with Crippen LogP contribution >= 0.6 is 23.2 Å². The third kappa shape index (κ3) is 5.64. The van der Waals surface area contributed by atoms with Crippen LogP contribution in [0.15, 0.2) is 48.5 Å². The van der Waals surface area contributed by atoms with E-state index in [4.69, 9.17) is 32.7 Å². The van der Waals surface area contributed by atoms with Gasteiger partial charge < -0.3 is 14.8 Å². The number of halogens is 2. The van der Waals surface area contributed by atoms with Gasteiger partial charge in [-0.3, -0.25) is 9.59 Å². The number of amides is 1. The number of rotatable bonds is 7. The van der Waals surface area contributed by atoms with Gasteiger partial charge in [0.05, 0.1) is 24.6 Å². The van der Waals surface area contributed by atoms with Gasteiger partial charge in [0, 0.05) is 5.02 Å². The molecule has 0 aliphatic carbocycles. The minimum atomic E-state index is -0.822. The van der Waals surface area contributed by atoms with E-state index in [1.165, 1.54) is 13.2 Å². The molecule has 2 atom stereocenters. The van der Waals surface area contributed by atoms with Gasteiger partial charge in [-0.15, -0.1) is 0 Å². The number of hydrogen-bond donors (Lipinski definition) is 1. The molecular formula is C19H19Cl2NO4. The standard InChI is InChI=1S/C19H19Cl2NO4/c1-12(26-17-9-8-14(20)10-15(17)21)19(24)22-16(11-18(23)25-2)13-6-4-3-5-7-13/h3-10,12,16H,11H2,1-2H3,(H,22,24). The first kappa shape index (κ1) is 20.1. The van der Waals surface area contributed by atoms with E-state index in [9.17, 15) is 9.59 Å². The van der Waals surface area contributed by atoms with Gasteiger partial charge in [-0.2, -0.15) is 0 Å². The summed E-state index contributed by atoms with van der Waals surface area (Å²) >= 11 is 11.9. The normalized spacial score (nSPS) is 12.8. The fourth-order valence-electron chi connectivity index (χ4n) is 2.29. The van der Waals surface area contributed by atoms with E-state index in [2.05, 4.69) is 5.32 Å². The molecule has 0 bridgehead atoms. The molecule has 5 nitrogen and oxygen atoms in total. The van der Waals surface area contributed by atoms with Gasteiger partial charge in [-0.1, -0.05) is 53.5 Å². The third-order valence-electron chi connectivity index (χ3n) is 3.68. The topological polar surface area (TPSA) is 64.6 Å². The fourth-order valence-corrected chi connectivity index (χ4v) is 2.74. The Hall–Kier alpha value is -2.24. The molecule has 0 spiro atoms. The average molecular weight is 396 g/mol. The smallest absolute Gasteiger partial charge is 0.307 e. The summed E-state index contributed by atoms with van der Waals surface area (Å²) in [4.78, 5) is 24.2. The molecule has 2 aromatic rings. The second kappa shape index (κ2) is 9.46. The lowest BCUT2D eigenvalue weighted by Crippen LogP contribution is -2.39. The molecule has 0 heterocycles. The number of carbonyl (C=O) groups excluding carboxylic acids is 2. The van der Waals surface area contributed by atoms with Crippen LogP contribution in [0, 0.1) is 0 Å². The fraction of sp³-hybridized carbons (Fsp3) is 0.263. The third-order valence-corrected chi connectivity index (χ3v) is 4.21. The van der Waals surface area contributed by atoms with Gasteiger partial charge in [0.2, 0.25) is 0 Å². The number of ether oxygens (including phenoxy) is 2. The van der Waals surface area contributed by atoms with Crippen molar-refractivity contribution in [2.45, 2.75) is 25.5 Å². The molecule has 0 saturated heterocycles. The summed E-state index contributed by atoms with van der Waals surface area (Å²) in [6.07, 6.45) is -0.807. The second-order valence-electron chi connectivity index (χ2n) is 5.59. The number of esters is 1.